The SMILES string of the molecule is C[C@@H](Oc1ccccc1Cl)C(=O)NCCc1csc(-c2ccccc2)n1. The van der Waals surface area contributed by atoms with Gasteiger partial charge in [0.05, 0.1) is 10.7 Å². The van der Waals surface area contributed by atoms with Gasteiger partial charge in [-0.3, -0.25) is 4.79 Å². The normalized spacial score (nSPS) is 11.8. The van der Waals surface area contributed by atoms with Gasteiger partial charge in [0, 0.05) is 23.9 Å². The molecule has 3 aromatic rings. The number of amides is 1. The van der Waals surface area contributed by atoms with Crippen molar-refractivity contribution in [1.29, 1.82) is 0 Å². The second-order valence-corrected chi connectivity index (χ2v) is 7.01. The number of halogens is 1. The van der Waals surface area contributed by atoms with Crippen LogP contribution in [-0.2, 0) is 11.2 Å². The number of thiazole rings is 1. The topological polar surface area (TPSA) is 51.2 Å². The molecule has 2 aromatic carbocycles. The van der Waals surface area contributed by atoms with E-state index in [1.54, 1.807) is 30.4 Å². The Balaban J connectivity index is 1.48. The van der Waals surface area contributed by atoms with Crippen LogP contribution in [0, 0.1) is 0 Å². The minimum Gasteiger partial charge on any atom is -0.479 e. The number of carbonyl (C=O) groups is 1. The highest BCUT2D eigenvalue weighted by atomic mass is 35.5. The number of ether oxygens (including phenoxy) is 1. The zero-order valence-electron chi connectivity index (χ0n) is 14.3. The molecule has 0 aliphatic carbocycles. The predicted molar refractivity (Wildman–Crippen MR) is 106 cm³/mol. The number of hydrogen-bond acceptors (Lipinski definition) is 4. The summed E-state index contributed by atoms with van der Waals surface area (Å²) in [6.07, 6.45) is 0.0543. The van der Waals surface area contributed by atoms with Crippen molar-refractivity contribution in [2.45, 2.75) is 19.4 Å². The molecule has 0 aliphatic heterocycles. The van der Waals surface area contributed by atoms with E-state index in [9.17, 15) is 4.79 Å². The Morgan fingerprint density at radius 1 is 1.19 bits per heavy atom. The van der Waals surface area contributed by atoms with Crippen molar-refractivity contribution in [3.63, 3.8) is 0 Å². The van der Waals surface area contributed by atoms with E-state index in [1.807, 2.05) is 47.8 Å². The largest absolute Gasteiger partial charge is 0.479 e. The van der Waals surface area contributed by atoms with Crippen molar-refractivity contribution in [3.05, 3.63) is 70.7 Å². The number of rotatable bonds is 7. The van der Waals surface area contributed by atoms with Gasteiger partial charge in [-0.1, -0.05) is 54.1 Å². The van der Waals surface area contributed by atoms with E-state index < -0.39 is 6.10 Å². The summed E-state index contributed by atoms with van der Waals surface area (Å²) in [5.74, 6) is 0.326. The van der Waals surface area contributed by atoms with Crippen molar-refractivity contribution in [1.82, 2.24) is 10.3 Å². The lowest BCUT2D eigenvalue weighted by atomic mass is 10.2. The Labute approximate surface area is 161 Å². The summed E-state index contributed by atoms with van der Waals surface area (Å²) in [7, 11) is 0. The van der Waals surface area contributed by atoms with Gasteiger partial charge in [-0.25, -0.2) is 4.98 Å². The fourth-order valence-corrected chi connectivity index (χ4v) is 3.42. The number of hydrogen-bond donors (Lipinski definition) is 1. The summed E-state index contributed by atoms with van der Waals surface area (Å²) in [5, 5.41) is 6.38. The molecule has 0 saturated heterocycles. The van der Waals surface area contributed by atoms with Crippen LogP contribution >= 0.6 is 22.9 Å². The van der Waals surface area contributed by atoms with Gasteiger partial charge in [0.15, 0.2) is 6.10 Å². The van der Waals surface area contributed by atoms with Gasteiger partial charge in [0.25, 0.3) is 5.91 Å². The van der Waals surface area contributed by atoms with E-state index >= 15 is 0 Å². The molecule has 4 nitrogen and oxygen atoms in total. The first kappa shape index (κ1) is 18.4. The summed E-state index contributed by atoms with van der Waals surface area (Å²) in [4.78, 5) is 16.8. The van der Waals surface area contributed by atoms with Gasteiger partial charge in [0.1, 0.15) is 10.8 Å². The summed E-state index contributed by atoms with van der Waals surface area (Å²) in [6.45, 7) is 2.21. The van der Waals surface area contributed by atoms with Crippen molar-refractivity contribution >= 4 is 28.8 Å². The number of benzene rings is 2. The van der Waals surface area contributed by atoms with Crippen molar-refractivity contribution < 1.29 is 9.53 Å². The predicted octanol–water partition coefficient (Wildman–Crippen LogP) is 4.59. The maximum Gasteiger partial charge on any atom is 0.260 e. The van der Waals surface area contributed by atoms with Gasteiger partial charge in [-0.15, -0.1) is 11.3 Å². The van der Waals surface area contributed by atoms with Gasteiger partial charge in [0.2, 0.25) is 0 Å². The average Bonchev–Trinajstić information content (AvgIpc) is 3.13. The molecule has 26 heavy (non-hydrogen) atoms. The van der Waals surface area contributed by atoms with E-state index in [0.29, 0.717) is 23.7 Å². The lowest BCUT2D eigenvalue weighted by Crippen LogP contribution is -2.37. The van der Waals surface area contributed by atoms with E-state index in [-0.39, 0.29) is 5.91 Å². The summed E-state index contributed by atoms with van der Waals surface area (Å²) in [5.41, 5.74) is 2.07. The highest BCUT2D eigenvalue weighted by Crippen LogP contribution is 2.24. The first-order chi connectivity index (χ1) is 12.6. The molecule has 0 aliphatic rings. The molecule has 0 spiro atoms. The van der Waals surface area contributed by atoms with Crippen LogP contribution in [0.4, 0.5) is 0 Å². The molecule has 0 radical (unpaired) electrons. The van der Waals surface area contributed by atoms with Gasteiger partial charge in [-0.05, 0) is 19.1 Å². The van der Waals surface area contributed by atoms with Crippen LogP contribution in [0.15, 0.2) is 60.0 Å². The van der Waals surface area contributed by atoms with Crippen LogP contribution in [0.5, 0.6) is 5.75 Å². The lowest BCUT2D eigenvalue weighted by molar-refractivity contribution is -0.127. The van der Waals surface area contributed by atoms with Crippen LogP contribution in [0.3, 0.4) is 0 Å². The molecule has 1 N–H and O–H groups in total. The highest BCUT2D eigenvalue weighted by molar-refractivity contribution is 7.13. The fourth-order valence-electron chi connectivity index (χ4n) is 2.38. The Bertz CT molecular complexity index is 867. The summed E-state index contributed by atoms with van der Waals surface area (Å²) >= 11 is 7.65. The first-order valence-corrected chi connectivity index (χ1v) is 9.58. The maximum absolute atomic E-state index is 12.2. The second-order valence-electron chi connectivity index (χ2n) is 5.74. The van der Waals surface area contributed by atoms with Crippen LogP contribution in [0.2, 0.25) is 5.02 Å². The summed E-state index contributed by atoms with van der Waals surface area (Å²) < 4.78 is 5.61. The third kappa shape index (κ3) is 4.84. The van der Waals surface area contributed by atoms with Crippen LogP contribution in [-0.4, -0.2) is 23.5 Å². The van der Waals surface area contributed by atoms with Crippen molar-refractivity contribution in [3.8, 4) is 16.3 Å². The number of para-hydroxylation sites is 1. The second kappa shape index (κ2) is 8.83. The third-order valence-electron chi connectivity index (χ3n) is 3.76. The van der Waals surface area contributed by atoms with E-state index in [4.69, 9.17) is 16.3 Å². The molecule has 0 bridgehead atoms. The average molecular weight is 387 g/mol. The van der Waals surface area contributed by atoms with Crippen LogP contribution in [0.1, 0.15) is 12.6 Å². The first-order valence-electron chi connectivity index (χ1n) is 8.32. The number of aromatic nitrogens is 1. The maximum atomic E-state index is 12.2. The zero-order chi connectivity index (χ0) is 18.4. The molecule has 3 rings (SSSR count). The Morgan fingerprint density at radius 3 is 2.69 bits per heavy atom. The third-order valence-corrected chi connectivity index (χ3v) is 5.01. The molecule has 1 atom stereocenters. The van der Waals surface area contributed by atoms with Crippen LogP contribution < -0.4 is 10.1 Å². The van der Waals surface area contributed by atoms with Gasteiger partial charge >= 0.3 is 0 Å². The Kier molecular flexibility index (Phi) is 6.26. The fraction of sp³-hybridized carbons (Fsp3) is 0.200. The van der Waals surface area contributed by atoms with Gasteiger partial charge in [-0.2, -0.15) is 0 Å². The van der Waals surface area contributed by atoms with Crippen molar-refractivity contribution in [2.24, 2.45) is 0 Å². The smallest absolute Gasteiger partial charge is 0.260 e. The molecule has 1 heterocycles. The number of carbonyl (C=O) groups excluding carboxylic acids is 1. The molecule has 0 saturated carbocycles. The summed E-state index contributed by atoms with van der Waals surface area (Å²) in [6, 6.07) is 17.2. The van der Waals surface area contributed by atoms with E-state index in [1.165, 1.54) is 0 Å². The monoisotopic (exact) mass is 386 g/mol. The molecule has 0 unspecified atom stereocenters. The molecule has 0 fully saturated rings. The minimum atomic E-state index is -0.620. The quantitative estimate of drug-likeness (QED) is 0.646. The molecule has 1 aromatic heterocycles. The van der Waals surface area contributed by atoms with E-state index in [2.05, 4.69) is 10.3 Å². The minimum absolute atomic E-state index is 0.177. The molecule has 134 valence electrons. The Morgan fingerprint density at radius 2 is 1.92 bits per heavy atom. The number of nitrogens with zero attached hydrogens (tertiary/aromatic N) is 1. The van der Waals surface area contributed by atoms with Crippen molar-refractivity contribution in [2.75, 3.05) is 6.54 Å². The standard InChI is InChI=1S/C20H19ClN2O2S/c1-14(25-18-10-6-5-9-17(18)21)19(24)22-12-11-16-13-26-20(23-16)15-7-3-2-4-8-15/h2-10,13-14H,11-12H2,1H3,(H,22,24)/t14-/m1/s1. The zero-order valence-corrected chi connectivity index (χ0v) is 15.9. The molecule has 1 amide bonds. The van der Waals surface area contributed by atoms with E-state index in [0.717, 1.165) is 16.3 Å². The van der Waals surface area contributed by atoms with Crippen LogP contribution in [0.25, 0.3) is 10.6 Å². The lowest BCUT2D eigenvalue weighted by Gasteiger charge is -2.15. The Hall–Kier alpha value is -2.37. The molecule has 6 heteroatoms. The number of nitrogens with one attached hydrogen (secondary N) is 1. The highest BCUT2D eigenvalue weighted by Gasteiger charge is 2.15. The molecular weight excluding hydrogens is 368 g/mol. The van der Waals surface area contributed by atoms with Gasteiger partial charge < -0.3 is 10.1 Å². The molecular formula is C20H19ClN2O2S.